The van der Waals surface area contributed by atoms with E-state index in [-0.39, 0.29) is 5.91 Å². The van der Waals surface area contributed by atoms with E-state index in [4.69, 9.17) is 9.47 Å². The van der Waals surface area contributed by atoms with E-state index < -0.39 is 0 Å². The first kappa shape index (κ1) is 22.8. The fourth-order valence-electron chi connectivity index (χ4n) is 3.04. The molecule has 3 rings (SSSR count). The topological polar surface area (TPSA) is 84.8 Å². The molecule has 2 aromatic carbocycles. The lowest BCUT2D eigenvalue weighted by Crippen LogP contribution is -2.36. The minimum absolute atomic E-state index is 0.313. The Morgan fingerprint density at radius 3 is 2.44 bits per heavy atom. The molecule has 1 heterocycles. The summed E-state index contributed by atoms with van der Waals surface area (Å²) < 4.78 is 10.6. The average Bonchev–Trinajstić information content (AvgIpc) is 2.82. The molecule has 0 spiro atoms. The van der Waals surface area contributed by atoms with Gasteiger partial charge in [0.2, 0.25) is 5.96 Å². The highest BCUT2D eigenvalue weighted by Gasteiger charge is 2.13. The van der Waals surface area contributed by atoms with Crippen molar-refractivity contribution in [2.24, 2.45) is 4.99 Å². The average molecular weight is 433 g/mol. The number of benzene rings is 2. The number of rotatable bonds is 7. The van der Waals surface area contributed by atoms with Crippen LogP contribution < -0.4 is 20.1 Å². The van der Waals surface area contributed by atoms with Gasteiger partial charge in [0, 0.05) is 23.6 Å². The van der Waals surface area contributed by atoms with Gasteiger partial charge in [0.15, 0.2) is 11.5 Å². The molecule has 1 aromatic heterocycles. The fourth-order valence-corrected chi connectivity index (χ4v) is 3.04. The summed E-state index contributed by atoms with van der Waals surface area (Å²) in [6.45, 7) is 4.66. The lowest BCUT2D eigenvalue weighted by molar-refractivity contribution is 0.0976. The van der Waals surface area contributed by atoms with E-state index >= 15 is 0 Å². The standard InChI is InChI=1S/C25H28N4O3/c1-17(2)19-6-5-7-21(14-19)28-25(27-16-18-10-12-26-13-11-18)29-24(30)20-8-9-22(31-3)23(15-20)32-4/h5-15,17H,16H2,1-4H3,(H2,27,28,29,30). The molecular formula is C25H28N4O3. The number of anilines is 1. The number of pyridine rings is 1. The first-order chi connectivity index (χ1) is 15.5. The number of hydrogen-bond donors (Lipinski definition) is 2. The van der Waals surface area contributed by atoms with Crippen LogP contribution in [0.15, 0.2) is 72.0 Å². The third-order valence-corrected chi connectivity index (χ3v) is 4.86. The van der Waals surface area contributed by atoms with Crippen molar-refractivity contribution in [1.29, 1.82) is 0 Å². The summed E-state index contributed by atoms with van der Waals surface area (Å²) in [7, 11) is 3.08. The molecule has 0 aliphatic heterocycles. The van der Waals surface area contributed by atoms with Crippen molar-refractivity contribution in [3.05, 3.63) is 83.7 Å². The summed E-state index contributed by atoms with van der Waals surface area (Å²) in [6, 6.07) is 16.8. The molecular weight excluding hydrogens is 404 g/mol. The molecule has 0 saturated heterocycles. The van der Waals surface area contributed by atoms with Crippen molar-refractivity contribution >= 4 is 17.6 Å². The number of ether oxygens (including phenoxy) is 2. The number of amides is 1. The second-order valence-electron chi connectivity index (χ2n) is 7.45. The molecule has 0 atom stereocenters. The fraction of sp³-hybridized carbons (Fsp3) is 0.240. The van der Waals surface area contributed by atoms with Crippen molar-refractivity contribution in [1.82, 2.24) is 10.3 Å². The first-order valence-electron chi connectivity index (χ1n) is 10.3. The van der Waals surface area contributed by atoms with Crippen LogP contribution in [0.3, 0.4) is 0 Å². The zero-order chi connectivity index (χ0) is 22.9. The SMILES string of the molecule is COc1ccc(C(=O)NC(=NCc2ccncc2)Nc2cccc(C(C)C)c2)cc1OC. The number of methoxy groups -OCH3 is 2. The molecule has 7 heteroatoms. The first-order valence-corrected chi connectivity index (χ1v) is 10.3. The molecule has 32 heavy (non-hydrogen) atoms. The Balaban J connectivity index is 1.85. The van der Waals surface area contributed by atoms with Crippen molar-refractivity contribution < 1.29 is 14.3 Å². The molecule has 3 aromatic rings. The summed E-state index contributed by atoms with van der Waals surface area (Å²) in [4.78, 5) is 21.6. The summed E-state index contributed by atoms with van der Waals surface area (Å²) in [5.41, 5.74) is 3.44. The normalized spacial score (nSPS) is 11.2. The second-order valence-corrected chi connectivity index (χ2v) is 7.45. The lowest BCUT2D eigenvalue weighted by atomic mass is 10.0. The van der Waals surface area contributed by atoms with Gasteiger partial charge in [-0.2, -0.15) is 0 Å². The zero-order valence-electron chi connectivity index (χ0n) is 18.8. The largest absolute Gasteiger partial charge is 0.493 e. The monoisotopic (exact) mass is 432 g/mol. The van der Waals surface area contributed by atoms with Crippen LogP contribution in [0, 0.1) is 0 Å². The van der Waals surface area contributed by atoms with Gasteiger partial charge in [-0.3, -0.25) is 15.1 Å². The Morgan fingerprint density at radius 2 is 1.75 bits per heavy atom. The summed E-state index contributed by atoms with van der Waals surface area (Å²) in [6.07, 6.45) is 3.43. The Kier molecular flexibility index (Phi) is 7.80. The third kappa shape index (κ3) is 6.07. The van der Waals surface area contributed by atoms with Crippen molar-refractivity contribution in [2.45, 2.75) is 26.3 Å². The van der Waals surface area contributed by atoms with Gasteiger partial charge in [0.1, 0.15) is 0 Å². The van der Waals surface area contributed by atoms with E-state index in [0.29, 0.717) is 35.5 Å². The molecule has 0 radical (unpaired) electrons. The quantitative estimate of drug-likeness (QED) is 0.420. The maximum Gasteiger partial charge on any atom is 0.258 e. The number of nitrogens with one attached hydrogen (secondary N) is 2. The Labute approximate surface area is 188 Å². The number of aromatic nitrogens is 1. The highest BCUT2D eigenvalue weighted by Crippen LogP contribution is 2.27. The molecule has 0 bridgehead atoms. The molecule has 1 amide bonds. The molecule has 0 aliphatic carbocycles. The van der Waals surface area contributed by atoms with Gasteiger partial charge in [-0.15, -0.1) is 0 Å². The number of aliphatic imine (C=N–C) groups is 1. The van der Waals surface area contributed by atoms with E-state index in [0.717, 1.165) is 11.3 Å². The number of guanidine groups is 1. The predicted molar refractivity (Wildman–Crippen MR) is 127 cm³/mol. The van der Waals surface area contributed by atoms with Crippen LogP contribution >= 0.6 is 0 Å². The summed E-state index contributed by atoms with van der Waals surface area (Å²) in [5.74, 6) is 1.46. The Morgan fingerprint density at radius 1 is 1.00 bits per heavy atom. The molecule has 0 fully saturated rings. The highest BCUT2D eigenvalue weighted by atomic mass is 16.5. The number of carbonyl (C=O) groups is 1. The van der Waals surface area contributed by atoms with Crippen LogP contribution in [0.5, 0.6) is 11.5 Å². The zero-order valence-corrected chi connectivity index (χ0v) is 18.8. The highest BCUT2D eigenvalue weighted by molar-refractivity contribution is 6.10. The van der Waals surface area contributed by atoms with E-state index in [1.165, 1.54) is 12.7 Å². The van der Waals surface area contributed by atoms with Gasteiger partial charge in [-0.05, 0) is 59.5 Å². The van der Waals surface area contributed by atoms with Gasteiger partial charge < -0.3 is 14.8 Å². The summed E-state index contributed by atoms with van der Waals surface area (Å²) >= 11 is 0. The van der Waals surface area contributed by atoms with Crippen LogP contribution in [0.1, 0.15) is 41.3 Å². The number of carbonyl (C=O) groups excluding carboxylic acids is 1. The van der Waals surface area contributed by atoms with Gasteiger partial charge >= 0.3 is 0 Å². The molecule has 2 N–H and O–H groups in total. The van der Waals surface area contributed by atoms with Crippen molar-refractivity contribution in [2.75, 3.05) is 19.5 Å². The number of nitrogens with zero attached hydrogens (tertiary/aromatic N) is 2. The maximum atomic E-state index is 13.0. The molecule has 0 aliphatic rings. The van der Waals surface area contributed by atoms with Gasteiger partial charge in [-0.1, -0.05) is 26.0 Å². The molecule has 0 saturated carbocycles. The van der Waals surface area contributed by atoms with E-state index in [2.05, 4.69) is 46.6 Å². The van der Waals surface area contributed by atoms with E-state index in [1.807, 2.05) is 24.3 Å². The third-order valence-electron chi connectivity index (χ3n) is 4.86. The smallest absolute Gasteiger partial charge is 0.258 e. The molecule has 7 nitrogen and oxygen atoms in total. The van der Waals surface area contributed by atoms with Crippen LogP contribution in [0.25, 0.3) is 0 Å². The number of hydrogen-bond acceptors (Lipinski definition) is 5. The van der Waals surface area contributed by atoms with Crippen molar-refractivity contribution in [3.63, 3.8) is 0 Å². The van der Waals surface area contributed by atoms with Crippen molar-refractivity contribution in [3.8, 4) is 11.5 Å². The molecule has 166 valence electrons. The van der Waals surface area contributed by atoms with Crippen LogP contribution in [-0.2, 0) is 6.54 Å². The van der Waals surface area contributed by atoms with Crippen LogP contribution in [-0.4, -0.2) is 31.1 Å². The van der Waals surface area contributed by atoms with E-state index in [1.54, 1.807) is 37.7 Å². The van der Waals surface area contributed by atoms with Gasteiger partial charge in [0.25, 0.3) is 5.91 Å². The molecule has 0 unspecified atom stereocenters. The Bertz CT molecular complexity index is 1080. The summed E-state index contributed by atoms with van der Waals surface area (Å²) in [5, 5.41) is 6.12. The van der Waals surface area contributed by atoms with Crippen LogP contribution in [0.4, 0.5) is 5.69 Å². The van der Waals surface area contributed by atoms with Crippen LogP contribution in [0.2, 0.25) is 0 Å². The minimum atomic E-state index is -0.313. The van der Waals surface area contributed by atoms with E-state index in [9.17, 15) is 4.79 Å². The second kappa shape index (κ2) is 10.9. The van der Waals surface area contributed by atoms with Gasteiger partial charge in [0.05, 0.1) is 20.8 Å². The van der Waals surface area contributed by atoms with Gasteiger partial charge in [-0.25, -0.2) is 4.99 Å². The Hall–Kier alpha value is -3.87. The maximum absolute atomic E-state index is 13.0. The predicted octanol–water partition coefficient (Wildman–Crippen LogP) is 4.62. The minimum Gasteiger partial charge on any atom is -0.493 e. The lowest BCUT2D eigenvalue weighted by Gasteiger charge is -2.14.